The molecule has 1 aliphatic rings. The average Bonchev–Trinajstić information content (AvgIpc) is 2.28. The Labute approximate surface area is 95.7 Å². The van der Waals surface area contributed by atoms with Gasteiger partial charge in [-0.3, -0.25) is 4.79 Å². The minimum atomic E-state index is -0.761. The third-order valence-electron chi connectivity index (χ3n) is 2.70. The van der Waals surface area contributed by atoms with Crippen LogP contribution in [0.1, 0.15) is 20.8 Å². The monoisotopic (exact) mass is 229 g/mol. The third-order valence-corrected chi connectivity index (χ3v) is 2.70. The molecule has 1 saturated heterocycles. The van der Waals surface area contributed by atoms with E-state index in [-0.39, 0.29) is 12.0 Å². The zero-order valence-electron chi connectivity index (χ0n) is 10.1. The van der Waals surface area contributed by atoms with E-state index in [0.717, 1.165) is 0 Å². The van der Waals surface area contributed by atoms with E-state index in [1.165, 1.54) is 4.90 Å². The van der Waals surface area contributed by atoms with E-state index in [9.17, 15) is 9.59 Å². The largest absolute Gasteiger partial charge is 0.455 e. The maximum atomic E-state index is 11.7. The molecule has 1 amide bonds. The van der Waals surface area contributed by atoms with Gasteiger partial charge in [0.05, 0.1) is 13.2 Å². The lowest BCUT2D eigenvalue weighted by Gasteiger charge is -2.26. The van der Waals surface area contributed by atoms with E-state index >= 15 is 0 Å². The van der Waals surface area contributed by atoms with Gasteiger partial charge < -0.3 is 14.4 Å². The molecule has 0 unspecified atom stereocenters. The summed E-state index contributed by atoms with van der Waals surface area (Å²) < 4.78 is 10.2. The van der Waals surface area contributed by atoms with Gasteiger partial charge in [-0.15, -0.1) is 0 Å². The van der Waals surface area contributed by atoms with Crippen LogP contribution in [-0.2, 0) is 19.1 Å². The smallest absolute Gasteiger partial charge is 0.397 e. The molecule has 0 N–H and O–H groups in total. The van der Waals surface area contributed by atoms with Gasteiger partial charge >= 0.3 is 11.9 Å². The van der Waals surface area contributed by atoms with Gasteiger partial charge in [-0.1, -0.05) is 13.8 Å². The summed E-state index contributed by atoms with van der Waals surface area (Å²) in [4.78, 5) is 24.6. The summed E-state index contributed by atoms with van der Waals surface area (Å²) in [5.74, 6) is -1.11. The van der Waals surface area contributed by atoms with Crippen molar-refractivity contribution < 1.29 is 19.1 Å². The Kier molecular flexibility index (Phi) is 4.73. The van der Waals surface area contributed by atoms with Crippen LogP contribution in [0.5, 0.6) is 0 Å². The molecule has 16 heavy (non-hydrogen) atoms. The quantitative estimate of drug-likeness (QED) is 0.509. The van der Waals surface area contributed by atoms with E-state index in [2.05, 4.69) is 0 Å². The Balaban J connectivity index is 2.43. The SMILES string of the molecule is CC(C)[C@@H](C)OC(=O)C(=O)N1CCOCC1. The summed E-state index contributed by atoms with van der Waals surface area (Å²) in [5.41, 5.74) is 0. The number of nitrogens with zero attached hydrogens (tertiary/aromatic N) is 1. The fraction of sp³-hybridized carbons (Fsp3) is 0.818. The third kappa shape index (κ3) is 3.48. The summed E-state index contributed by atoms with van der Waals surface area (Å²) in [7, 11) is 0. The molecule has 1 heterocycles. The lowest BCUT2D eigenvalue weighted by Crippen LogP contribution is -2.45. The van der Waals surface area contributed by atoms with Crippen molar-refractivity contribution in [1.82, 2.24) is 4.90 Å². The van der Waals surface area contributed by atoms with Crippen LogP contribution in [-0.4, -0.2) is 49.2 Å². The molecule has 5 nitrogen and oxygen atoms in total. The molecule has 5 heteroatoms. The number of amides is 1. The van der Waals surface area contributed by atoms with Crippen molar-refractivity contribution >= 4 is 11.9 Å². The number of rotatable bonds is 2. The number of carbonyl (C=O) groups excluding carboxylic acids is 2. The highest BCUT2D eigenvalue weighted by atomic mass is 16.5. The van der Waals surface area contributed by atoms with Crippen molar-refractivity contribution in [3.63, 3.8) is 0 Å². The van der Waals surface area contributed by atoms with Crippen LogP contribution in [0.15, 0.2) is 0 Å². The molecule has 0 aromatic heterocycles. The van der Waals surface area contributed by atoms with Gasteiger partial charge in [-0.2, -0.15) is 0 Å². The molecule has 0 spiro atoms. The standard InChI is InChI=1S/C11H19NO4/c1-8(2)9(3)16-11(14)10(13)12-4-6-15-7-5-12/h8-9H,4-7H2,1-3H3/t9-/m1/s1. The van der Waals surface area contributed by atoms with Gasteiger partial charge in [-0.05, 0) is 12.8 Å². The molecule has 1 rings (SSSR count). The van der Waals surface area contributed by atoms with Crippen LogP contribution >= 0.6 is 0 Å². The predicted molar refractivity (Wildman–Crippen MR) is 57.8 cm³/mol. The average molecular weight is 229 g/mol. The lowest BCUT2D eigenvalue weighted by atomic mass is 10.1. The molecule has 0 saturated carbocycles. The first kappa shape index (κ1) is 13.0. The van der Waals surface area contributed by atoms with Crippen LogP contribution in [0.4, 0.5) is 0 Å². The van der Waals surface area contributed by atoms with Crippen molar-refractivity contribution in [2.75, 3.05) is 26.3 Å². The van der Waals surface area contributed by atoms with E-state index < -0.39 is 11.9 Å². The molecule has 92 valence electrons. The Bertz CT molecular complexity index is 259. The first-order valence-corrected chi connectivity index (χ1v) is 5.60. The van der Waals surface area contributed by atoms with Gasteiger partial charge in [0.2, 0.25) is 0 Å². The summed E-state index contributed by atoms with van der Waals surface area (Å²) >= 11 is 0. The number of carbonyl (C=O) groups is 2. The maximum absolute atomic E-state index is 11.7. The topological polar surface area (TPSA) is 55.8 Å². The second-order valence-corrected chi connectivity index (χ2v) is 4.26. The second-order valence-electron chi connectivity index (χ2n) is 4.26. The molecular weight excluding hydrogens is 210 g/mol. The van der Waals surface area contributed by atoms with Crippen molar-refractivity contribution in [2.24, 2.45) is 5.92 Å². The first-order valence-electron chi connectivity index (χ1n) is 5.60. The lowest BCUT2D eigenvalue weighted by molar-refractivity contribution is -0.166. The number of esters is 1. The normalized spacial score (nSPS) is 18.4. The number of ether oxygens (including phenoxy) is 2. The molecule has 0 radical (unpaired) electrons. The van der Waals surface area contributed by atoms with Gasteiger partial charge in [0.25, 0.3) is 0 Å². The molecule has 0 aliphatic carbocycles. The van der Waals surface area contributed by atoms with E-state index in [4.69, 9.17) is 9.47 Å². The highest BCUT2D eigenvalue weighted by molar-refractivity contribution is 6.32. The summed E-state index contributed by atoms with van der Waals surface area (Å²) in [5, 5.41) is 0. The zero-order chi connectivity index (χ0) is 12.1. The summed E-state index contributed by atoms with van der Waals surface area (Å²) in [6, 6.07) is 0. The highest BCUT2D eigenvalue weighted by Crippen LogP contribution is 2.07. The highest BCUT2D eigenvalue weighted by Gasteiger charge is 2.26. The Morgan fingerprint density at radius 2 is 1.75 bits per heavy atom. The Morgan fingerprint density at radius 1 is 1.19 bits per heavy atom. The molecular formula is C11H19NO4. The molecule has 1 fully saturated rings. The van der Waals surface area contributed by atoms with Crippen LogP contribution in [0, 0.1) is 5.92 Å². The van der Waals surface area contributed by atoms with E-state index in [1.54, 1.807) is 6.92 Å². The molecule has 0 bridgehead atoms. The van der Waals surface area contributed by atoms with Crippen LogP contribution < -0.4 is 0 Å². The predicted octanol–water partition coefficient (Wildman–Crippen LogP) is 0.433. The van der Waals surface area contributed by atoms with Crippen LogP contribution in [0.2, 0.25) is 0 Å². The van der Waals surface area contributed by atoms with Gasteiger partial charge in [-0.25, -0.2) is 4.79 Å². The molecule has 0 aromatic carbocycles. The minimum absolute atomic E-state index is 0.210. The van der Waals surface area contributed by atoms with E-state index in [0.29, 0.717) is 26.3 Å². The van der Waals surface area contributed by atoms with Crippen molar-refractivity contribution in [1.29, 1.82) is 0 Å². The van der Waals surface area contributed by atoms with Crippen LogP contribution in [0.25, 0.3) is 0 Å². The molecule has 0 aromatic rings. The Hall–Kier alpha value is -1.10. The van der Waals surface area contributed by atoms with Gasteiger partial charge in [0, 0.05) is 13.1 Å². The van der Waals surface area contributed by atoms with Crippen molar-refractivity contribution in [3.05, 3.63) is 0 Å². The van der Waals surface area contributed by atoms with E-state index in [1.807, 2.05) is 13.8 Å². The van der Waals surface area contributed by atoms with Gasteiger partial charge in [0.1, 0.15) is 6.10 Å². The maximum Gasteiger partial charge on any atom is 0.397 e. The van der Waals surface area contributed by atoms with Crippen molar-refractivity contribution in [2.45, 2.75) is 26.9 Å². The summed E-state index contributed by atoms with van der Waals surface area (Å²) in [6.07, 6.45) is -0.238. The number of morpholine rings is 1. The van der Waals surface area contributed by atoms with Gasteiger partial charge in [0.15, 0.2) is 0 Å². The summed E-state index contributed by atoms with van der Waals surface area (Å²) in [6.45, 7) is 7.56. The zero-order valence-corrected chi connectivity index (χ0v) is 10.1. The minimum Gasteiger partial charge on any atom is -0.455 e. The fourth-order valence-corrected chi connectivity index (χ4v) is 1.25. The Morgan fingerprint density at radius 3 is 2.25 bits per heavy atom. The van der Waals surface area contributed by atoms with Crippen LogP contribution in [0.3, 0.4) is 0 Å². The fourth-order valence-electron chi connectivity index (χ4n) is 1.25. The molecule has 1 atom stereocenters. The first-order chi connectivity index (χ1) is 7.52. The van der Waals surface area contributed by atoms with Crippen molar-refractivity contribution in [3.8, 4) is 0 Å². The number of hydrogen-bond donors (Lipinski definition) is 0. The second kappa shape index (κ2) is 5.84. The number of hydrogen-bond acceptors (Lipinski definition) is 4. The molecule has 1 aliphatic heterocycles.